The molecule has 1 atom stereocenters. The number of aryl methyl sites for hydroxylation is 1. The molecule has 1 N–H and O–H groups in total. The number of carbonyl (C=O) groups is 2. The Hall–Kier alpha value is -1.63. The van der Waals surface area contributed by atoms with Crippen LogP contribution in [-0.4, -0.2) is 28.2 Å². The van der Waals surface area contributed by atoms with E-state index in [0.29, 0.717) is 11.2 Å². The monoisotopic (exact) mass is 327 g/mol. The first-order valence-corrected chi connectivity index (χ1v) is 8.14. The lowest BCUT2D eigenvalue weighted by Gasteiger charge is -2.23. The molecule has 0 aromatic carbocycles. The number of thiazole rings is 1. The van der Waals surface area contributed by atoms with Crippen molar-refractivity contribution in [2.45, 2.75) is 52.7 Å². The van der Waals surface area contributed by atoms with Gasteiger partial charge in [-0.1, -0.05) is 13.8 Å². The number of hydrogen-bond donors (Lipinski definition) is 1. The average Bonchev–Trinajstić information content (AvgIpc) is 2.71. The number of hydrogen-bond acceptors (Lipinski definition) is 4. The van der Waals surface area contributed by atoms with Gasteiger partial charge in [-0.25, -0.2) is 4.79 Å². The van der Waals surface area contributed by atoms with Crippen molar-refractivity contribution < 1.29 is 14.3 Å². The van der Waals surface area contributed by atoms with Gasteiger partial charge in [-0.05, 0) is 33.1 Å². The Labute approximate surface area is 135 Å². The van der Waals surface area contributed by atoms with E-state index in [1.165, 1.54) is 11.3 Å². The normalized spacial score (nSPS) is 14.0. The highest BCUT2D eigenvalue weighted by Gasteiger charge is 2.25. The van der Waals surface area contributed by atoms with Crippen LogP contribution in [0.25, 0.3) is 0 Å². The van der Waals surface area contributed by atoms with E-state index in [4.69, 9.17) is 4.74 Å². The van der Waals surface area contributed by atoms with Gasteiger partial charge in [0.15, 0.2) is 4.80 Å². The number of nitrogens with one attached hydrogen (secondary N) is 1. The van der Waals surface area contributed by atoms with E-state index in [1.807, 2.05) is 32.5 Å². The van der Waals surface area contributed by atoms with Crippen LogP contribution in [0.15, 0.2) is 16.6 Å². The van der Waals surface area contributed by atoms with Crippen molar-refractivity contribution in [3.05, 3.63) is 16.4 Å². The van der Waals surface area contributed by atoms with Crippen molar-refractivity contribution in [2.24, 2.45) is 18.0 Å². The lowest BCUT2D eigenvalue weighted by atomic mass is 10.0. The van der Waals surface area contributed by atoms with E-state index in [9.17, 15) is 9.59 Å². The third kappa shape index (κ3) is 6.43. The Morgan fingerprint density at radius 1 is 1.41 bits per heavy atom. The van der Waals surface area contributed by atoms with Crippen molar-refractivity contribution in [3.8, 4) is 0 Å². The molecule has 22 heavy (non-hydrogen) atoms. The summed E-state index contributed by atoms with van der Waals surface area (Å²) in [7, 11) is 1.82. The summed E-state index contributed by atoms with van der Waals surface area (Å²) in [5.41, 5.74) is -0.604. The second-order valence-electron chi connectivity index (χ2n) is 6.57. The van der Waals surface area contributed by atoms with Crippen LogP contribution in [0.2, 0.25) is 0 Å². The van der Waals surface area contributed by atoms with Crippen LogP contribution in [0.4, 0.5) is 4.79 Å². The zero-order valence-electron chi connectivity index (χ0n) is 14.0. The predicted octanol–water partition coefficient (Wildman–Crippen LogP) is 2.45. The molecule has 0 spiro atoms. The molecule has 1 aromatic rings. The van der Waals surface area contributed by atoms with Crippen LogP contribution in [-0.2, 0) is 16.6 Å². The molecule has 0 saturated heterocycles. The molecule has 1 unspecified atom stereocenters. The lowest BCUT2D eigenvalue weighted by Crippen LogP contribution is -2.44. The van der Waals surface area contributed by atoms with Gasteiger partial charge >= 0.3 is 6.09 Å². The molecule has 124 valence electrons. The topological polar surface area (TPSA) is 72.7 Å². The second-order valence-corrected chi connectivity index (χ2v) is 7.45. The molecular weight excluding hydrogens is 302 g/mol. The summed E-state index contributed by atoms with van der Waals surface area (Å²) < 4.78 is 6.98. The van der Waals surface area contributed by atoms with Crippen LogP contribution in [0.1, 0.15) is 41.0 Å². The number of amides is 2. The molecule has 0 aliphatic carbocycles. The van der Waals surface area contributed by atoms with Crippen molar-refractivity contribution in [2.75, 3.05) is 0 Å². The maximum Gasteiger partial charge on any atom is 0.408 e. The Bertz CT molecular complexity index is 581. The van der Waals surface area contributed by atoms with Gasteiger partial charge in [0.2, 0.25) is 0 Å². The maximum absolute atomic E-state index is 12.4. The largest absolute Gasteiger partial charge is 0.444 e. The minimum atomic E-state index is -0.683. The van der Waals surface area contributed by atoms with Crippen molar-refractivity contribution >= 4 is 23.3 Å². The average molecular weight is 327 g/mol. The van der Waals surface area contributed by atoms with Crippen molar-refractivity contribution in [1.29, 1.82) is 0 Å². The van der Waals surface area contributed by atoms with Gasteiger partial charge in [0.25, 0.3) is 5.91 Å². The molecule has 1 rings (SSSR count). The van der Waals surface area contributed by atoms with Gasteiger partial charge in [0.1, 0.15) is 11.6 Å². The van der Waals surface area contributed by atoms with Crippen molar-refractivity contribution in [3.63, 3.8) is 0 Å². The van der Waals surface area contributed by atoms with Crippen LogP contribution in [0.5, 0.6) is 0 Å². The van der Waals surface area contributed by atoms with Crippen LogP contribution in [0, 0.1) is 5.92 Å². The van der Waals surface area contributed by atoms with Gasteiger partial charge < -0.3 is 14.6 Å². The standard InChI is InChI=1S/C15H25N3O3S/c1-10(2)9-11(16-14(20)21-15(3,4)5)12(19)17-13-18(6)7-8-22-13/h7-8,10-11H,9H2,1-6H3,(H,16,20). The highest BCUT2D eigenvalue weighted by molar-refractivity contribution is 7.07. The van der Waals surface area contributed by atoms with Gasteiger partial charge in [0, 0.05) is 18.6 Å². The predicted molar refractivity (Wildman–Crippen MR) is 86.5 cm³/mol. The molecule has 0 saturated carbocycles. The Morgan fingerprint density at radius 2 is 2.05 bits per heavy atom. The molecule has 0 radical (unpaired) electrons. The summed E-state index contributed by atoms with van der Waals surface area (Å²) in [6.45, 7) is 9.32. The zero-order chi connectivity index (χ0) is 16.9. The zero-order valence-corrected chi connectivity index (χ0v) is 14.9. The molecule has 1 heterocycles. The lowest BCUT2D eigenvalue weighted by molar-refractivity contribution is -0.120. The molecule has 0 aliphatic heterocycles. The number of rotatable bonds is 4. The minimum absolute atomic E-state index is 0.246. The third-order valence-corrected chi connectivity index (χ3v) is 3.51. The quantitative estimate of drug-likeness (QED) is 0.923. The van der Waals surface area contributed by atoms with E-state index in [0.717, 1.165) is 0 Å². The fourth-order valence-electron chi connectivity index (χ4n) is 1.75. The fraction of sp³-hybridized carbons (Fsp3) is 0.667. The van der Waals surface area contributed by atoms with Crippen LogP contribution in [0.3, 0.4) is 0 Å². The number of carbonyl (C=O) groups excluding carboxylic acids is 2. The van der Waals surface area contributed by atoms with E-state index < -0.39 is 17.7 Å². The summed E-state index contributed by atoms with van der Waals surface area (Å²) in [5, 5.41) is 4.48. The first kappa shape index (κ1) is 18.4. The maximum atomic E-state index is 12.4. The molecule has 0 aliphatic rings. The Kier molecular flexibility index (Phi) is 6.34. The minimum Gasteiger partial charge on any atom is -0.444 e. The molecule has 0 fully saturated rings. The highest BCUT2D eigenvalue weighted by Crippen LogP contribution is 2.10. The van der Waals surface area contributed by atoms with Gasteiger partial charge in [-0.2, -0.15) is 4.99 Å². The van der Waals surface area contributed by atoms with Crippen LogP contribution < -0.4 is 10.1 Å². The highest BCUT2D eigenvalue weighted by atomic mass is 32.1. The summed E-state index contributed by atoms with van der Waals surface area (Å²) >= 11 is 1.37. The van der Waals surface area contributed by atoms with E-state index >= 15 is 0 Å². The Morgan fingerprint density at radius 3 is 2.50 bits per heavy atom. The summed E-state index contributed by atoms with van der Waals surface area (Å²) in [5.74, 6) is -0.117. The molecular formula is C15H25N3O3S. The summed E-state index contributed by atoms with van der Waals surface area (Å²) in [6.07, 6.45) is 1.74. The number of nitrogens with zero attached hydrogens (tertiary/aromatic N) is 2. The fourth-order valence-corrected chi connectivity index (χ4v) is 2.48. The van der Waals surface area contributed by atoms with E-state index in [1.54, 1.807) is 25.3 Å². The first-order chi connectivity index (χ1) is 10.1. The molecule has 2 amide bonds. The Balaban J connectivity index is 2.87. The molecule has 0 bridgehead atoms. The number of aromatic nitrogens is 1. The second kappa shape index (κ2) is 7.58. The molecule has 1 aromatic heterocycles. The molecule has 6 nitrogen and oxygen atoms in total. The third-order valence-electron chi connectivity index (χ3n) is 2.66. The smallest absolute Gasteiger partial charge is 0.408 e. The van der Waals surface area contributed by atoms with Gasteiger partial charge in [0.05, 0.1) is 0 Å². The van der Waals surface area contributed by atoms with Gasteiger partial charge in [-0.3, -0.25) is 4.79 Å². The van der Waals surface area contributed by atoms with E-state index in [2.05, 4.69) is 10.3 Å². The number of ether oxygens (including phenoxy) is 1. The van der Waals surface area contributed by atoms with E-state index in [-0.39, 0.29) is 11.8 Å². The first-order valence-electron chi connectivity index (χ1n) is 7.26. The molecule has 7 heteroatoms. The van der Waals surface area contributed by atoms with Crippen LogP contribution >= 0.6 is 11.3 Å². The van der Waals surface area contributed by atoms with Gasteiger partial charge in [-0.15, -0.1) is 11.3 Å². The number of alkyl carbamates (subject to hydrolysis) is 1. The van der Waals surface area contributed by atoms with Crippen molar-refractivity contribution in [1.82, 2.24) is 9.88 Å². The summed E-state index contributed by atoms with van der Waals surface area (Å²) in [4.78, 5) is 28.9. The SMILES string of the molecule is CC(C)CC(NC(=O)OC(C)(C)C)C(=O)N=c1sccn1C. The summed E-state index contributed by atoms with van der Waals surface area (Å²) in [6, 6.07) is -0.683.